The number of pyridine rings is 1. The number of aromatic nitrogens is 1. The first-order valence-electron chi connectivity index (χ1n) is 9.82. The Hall–Kier alpha value is -1.96. The smallest absolute Gasteiger partial charge is 0.242 e. The zero-order valence-electron chi connectivity index (χ0n) is 16.5. The van der Waals surface area contributed by atoms with Gasteiger partial charge in [0.2, 0.25) is 10.0 Å². The summed E-state index contributed by atoms with van der Waals surface area (Å²) in [6.07, 6.45) is 4.53. The number of piperidine rings is 1. The molecular formula is C21H29N3O3S. The molecule has 1 saturated heterocycles. The minimum atomic E-state index is -3.50. The number of likely N-dealkylation sites (tertiary alicyclic amines) is 1. The van der Waals surface area contributed by atoms with Gasteiger partial charge in [0.25, 0.3) is 0 Å². The van der Waals surface area contributed by atoms with Gasteiger partial charge in [-0.3, -0.25) is 9.88 Å². The van der Waals surface area contributed by atoms with Gasteiger partial charge in [0.1, 0.15) is 17.3 Å². The molecule has 1 aliphatic rings. The number of ether oxygens (including phenoxy) is 1. The summed E-state index contributed by atoms with van der Waals surface area (Å²) in [6.45, 7) is 7.52. The lowest BCUT2D eigenvalue weighted by Crippen LogP contribution is -2.45. The van der Waals surface area contributed by atoms with Crippen molar-refractivity contribution in [3.8, 4) is 5.75 Å². The first-order chi connectivity index (χ1) is 13.5. The number of hydrogen-bond donors (Lipinski definition) is 1. The molecule has 2 heterocycles. The van der Waals surface area contributed by atoms with E-state index >= 15 is 0 Å². The van der Waals surface area contributed by atoms with Gasteiger partial charge in [0.05, 0.1) is 0 Å². The van der Waals surface area contributed by atoms with Crippen molar-refractivity contribution in [2.24, 2.45) is 0 Å². The summed E-state index contributed by atoms with van der Waals surface area (Å²) in [5.74, 6) is 1.39. The fourth-order valence-electron chi connectivity index (χ4n) is 3.44. The van der Waals surface area contributed by atoms with Crippen LogP contribution in [0.15, 0.2) is 53.7 Å². The van der Waals surface area contributed by atoms with Crippen LogP contribution in [0.1, 0.15) is 38.2 Å². The third-order valence-corrected chi connectivity index (χ3v) is 6.57. The van der Waals surface area contributed by atoms with E-state index in [1.54, 1.807) is 18.3 Å². The van der Waals surface area contributed by atoms with E-state index < -0.39 is 10.0 Å². The molecule has 1 aromatic carbocycles. The molecule has 1 aromatic heterocycles. The van der Waals surface area contributed by atoms with Crippen LogP contribution in [-0.2, 0) is 10.0 Å². The zero-order valence-corrected chi connectivity index (χ0v) is 17.4. The standard InChI is InChI=1S/C21H29N3O3S/c1-17(2)20-7-3-4-8-21(20)27-15-14-24-12-9-18(10-13-24)23-28(25,26)19-6-5-11-22-16-19/h3-8,11,16-18,23H,9-10,12-15H2,1-2H3. The van der Waals surface area contributed by atoms with Crippen molar-refractivity contribution in [3.63, 3.8) is 0 Å². The predicted octanol–water partition coefficient (Wildman–Crippen LogP) is 3.03. The van der Waals surface area contributed by atoms with E-state index in [-0.39, 0.29) is 10.9 Å². The lowest BCUT2D eigenvalue weighted by atomic mass is 10.0. The maximum absolute atomic E-state index is 12.4. The zero-order chi connectivity index (χ0) is 20.0. The Kier molecular flexibility index (Phi) is 7.04. The summed E-state index contributed by atoms with van der Waals surface area (Å²) in [5.41, 5.74) is 1.23. The Balaban J connectivity index is 1.44. The monoisotopic (exact) mass is 403 g/mol. The van der Waals surface area contributed by atoms with E-state index in [0.717, 1.165) is 38.2 Å². The molecule has 1 aliphatic heterocycles. The minimum absolute atomic E-state index is 0.0379. The molecule has 0 spiro atoms. The van der Waals surface area contributed by atoms with Crippen molar-refractivity contribution >= 4 is 10.0 Å². The second-order valence-corrected chi connectivity index (χ2v) is 9.18. The van der Waals surface area contributed by atoms with Gasteiger partial charge in [-0.15, -0.1) is 0 Å². The second-order valence-electron chi connectivity index (χ2n) is 7.47. The highest BCUT2D eigenvalue weighted by Crippen LogP contribution is 2.25. The largest absolute Gasteiger partial charge is 0.492 e. The molecule has 0 saturated carbocycles. The van der Waals surface area contributed by atoms with Crippen molar-refractivity contribution in [2.45, 2.75) is 43.5 Å². The fraction of sp³-hybridized carbons (Fsp3) is 0.476. The van der Waals surface area contributed by atoms with Crippen LogP contribution in [-0.4, -0.2) is 50.6 Å². The molecule has 28 heavy (non-hydrogen) atoms. The van der Waals surface area contributed by atoms with E-state index in [0.29, 0.717) is 12.5 Å². The van der Waals surface area contributed by atoms with Crippen LogP contribution in [0.3, 0.4) is 0 Å². The van der Waals surface area contributed by atoms with Gasteiger partial charge < -0.3 is 4.74 Å². The number of rotatable bonds is 8. The van der Waals surface area contributed by atoms with E-state index in [1.165, 1.54) is 11.8 Å². The summed E-state index contributed by atoms with van der Waals surface area (Å²) >= 11 is 0. The molecule has 0 amide bonds. The van der Waals surface area contributed by atoms with Crippen LogP contribution in [0.5, 0.6) is 5.75 Å². The van der Waals surface area contributed by atoms with E-state index in [4.69, 9.17) is 4.74 Å². The van der Waals surface area contributed by atoms with Gasteiger partial charge in [0, 0.05) is 25.0 Å². The molecule has 152 valence electrons. The van der Waals surface area contributed by atoms with Gasteiger partial charge in [-0.2, -0.15) is 0 Å². The molecule has 7 heteroatoms. The second kappa shape index (κ2) is 9.49. The highest BCUT2D eigenvalue weighted by atomic mass is 32.2. The number of sulfonamides is 1. The van der Waals surface area contributed by atoms with E-state index in [2.05, 4.69) is 34.5 Å². The van der Waals surface area contributed by atoms with Crippen molar-refractivity contribution in [2.75, 3.05) is 26.2 Å². The van der Waals surface area contributed by atoms with Crippen molar-refractivity contribution in [1.29, 1.82) is 0 Å². The average Bonchev–Trinajstić information content (AvgIpc) is 2.70. The highest BCUT2D eigenvalue weighted by molar-refractivity contribution is 7.89. The van der Waals surface area contributed by atoms with E-state index in [9.17, 15) is 8.42 Å². The molecule has 6 nitrogen and oxygen atoms in total. The normalized spacial score (nSPS) is 16.4. The molecule has 0 bridgehead atoms. The molecule has 0 atom stereocenters. The number of nitrogens with one attached hydrogen (secondary N) is 1. The van der Waals surface area contributed by atoms with Crippen molar-refractivity contribution in [3.05, 3.63) is 54.4 Å². The lowest BCUT2D eigenvalue weighted by molar-refractivity contribution is 0.170. The Morgan fingerprint density at radius 3 is 2.61 bits per heavy atom. The summed E-state index contributed by atoms with van der Waals surface area (Å²) in [7, 11) is -3.50. The maximum Gasteiger partial charge on any atom is 0.242 e. The van der Waals surface area contributed by atoms with E-state index in [1.807, 2.05) is 18.2 Å². The summed E-state index contributed by atoms with van der Waals surface area (Å²) in [6, 6.07) is 11.3. The van der Waals surface area contributed by atoms with Gasteiger partial charge in [-0.05, 0) is 55.6 Å². The SMILES string of the molecule is CC(C)c1ccccc1OCCN1CCC(NS(=O)(=O)c2cccnc2)CC1. The molecule has 0 unspecified atom stereocenters. The Morgan fingerprint density at radius 2 is 1.93 bits per heavy atom. The fourth-order valence-corrected chi connectivity index (χ4v) is 4.71. The number of hydrogen-bond acceptors (Lipinski definition) is 5. The summed E-state index contributed by atoms with van der Waals surface area (Å²) < 4.78 is 33.6. The number of nitrogens with zero attached hydrogens (tertiary/aromatic N) is 2. The molecule has 1 N–H and O–H groups in total. The van der Waals surface area contributed by atoms with Gasteiger partial charge in [-0.25, -0.2) is 13.1 Å². The third kappa shape index (κ3) is 5.53. The summed E-state index contributed by atoms with van der Waals surface area (Å²) in [4.78, 5) is 6.43. The Bertz CT molecular complexity index is 848. The van der Waals surface area contributed by atoms with Crippen molar-refractivity contribution in [1.82, 2.24) is 14.6 Å². The van der Waals surface area contributed by atoms with Gasteiger partial charge in [0.15, 0.2) is 0 Å². The van der Waals surface area contributed by atoms with Crippen LogP contribution in [0, 0.1) is 0 Å². The molecule has 1 fully saturated rings. The Labute approximate surface area is 168 Å². The average molecular weight is 404 g/mol. The molecule has 0 radical (unpaired) electrons. The topological polar surface area (TPSA) is 71.5 Å². The van der Waals surface area contributed by atoms with Crippen LogP contribution < -0.4 is 9.46 Å². The maximum atomic E-state index is 12.4. The number of para-hydroxylation sites is 1. The first kappa shape index (κ1) is 20.8. The van der Waals surface area contributed by atoms with Gasteiger partial charge >= 0.3 is 0 Å². The molecule has 2 aromatic rings. The summed E-state index contributed by atoms with van der Waals surface area (Å²) in [5, 5.41) is 0. The molecule has 3 rings (SSSR count). The Morgan fingerprint density at radius 1 is 1.18 bits per heavy atom. The van der Waals surface area contributed by atoms with Crippen molar-refractivity contribution < 1.29 is 13.2 Å². The third-order valence-electron chi connectivity index (χ3n) is 5.06. The quantitative estimate of drug-likeness (QED) is 0.734. The first-order valence-corrected chi connectivity index (χ1v) is 11.3. The highest BCUT2D eigenvalue weighted by Gasteiger charge is 2.24. The van der Waals surface area contributed by atoms with Crippen LogP contribution >= 0.6 is 0 Å². The van der Waals surface area contributed by atoms with Crippen LogP contribution in [0.2, 0.25) is 0 Å². The lowest BCUT2D eigenvalue weighted by Gasteiger charge is -2.32. The predicted molar refractivity (Wildman–Crippen MR) is 110 cm³/mol. The van der Waals surface area contributed by atoms with Crippen LogP contribution in [0.25, 0.3) is 0 Å². The van der Waals surface area contributed by atoms with Crippen LogP contribution in [0.4, 0.5) is 0 Å². The minimum Gasteiger partial charge on any atom is -0.492 e. The van der Waals surface area contributed by atoms with Gasteiger partial charge in [-0.1, -0.05) is 32.0 Å². The molecule has 0 aliphatic carbocycles. The molecular weight excluding hydrogens is 374 g/mol. The number of benzene rings is 1.